The first kappa shape index (κ1) is 15.0. The molecule has 4 fully saturated rings. The van der Waals surface area contributed by atoms with Gasteiger partial charge >= 0.3 is 5.97 Å². The van der Waals surface area contributed by atoms with Crippen molar-refractivity contribution in [2.75, 3.05) is 13.2 Å². The molecule has 4 saturated carbocycles. The molecule has 4 heteroatoms. The van der Waals surface area contributed by atoms with E-state index in [2.05, 4.69) is 6.58 Å². The predicted octanol–water partition coefficient (Wildman–Crippen LogP) is 2.35. The first-order valence-corrected chi connectivity index (χ1v) is 7.98. The van der Waals surface area contributed by atoms with Crippen molar-refractivity contribution >= 4 is 5.97 Å². The topological polar surface area (TPSA) is 77.8 Å². The van der Waals surface area contributed by atoms with Crippen LogP contribution in [-0.4, -0.2) is 34.5 Å². The van der Waals surface area contributed by atoms with Gasteiger partial charge in [-0.05, 0) is 73.5 Å². The van der Waals surface area contributed by atoms with Crippen LogP contribution >= 0.6 is 0 Å². The van der Waals surface area contributed by atoms with Gasteiger partial charge in [0.05, 0.1) is 0 Å². The van der Waals surface area contributed by atoms with Crippen molar-refractivity contribution in [3.05, 3.63) is 12.2 Å². The number of rotatable bonds is 6. The monoisotopic (exact) mass is 294 g/mol. The van der Waals surface area contributed by atoms with Crippen LogP contribution in [0.25, 0.3) is 0 Å². The number of carboxylic acid groups (broad SMARTS) is 1. The van der Waals surface area contributed by atoms with E-state index in [0.717, 1.165) is 44.9 Å². The van der Waals surface area contributed by atoms with Crippen LogP contribution < -0.4 is 0 Å². The van der Waals surface area contributed by atoms with Crippen LogP contribution in [0.1, 0.15) is 51.4 Å². The zero-order chi connectivity index (χ0) is 15.3. The van der Waals surface area contributed by atoms with E-state index in [0.29, 0.717) is 12.3 Å². The maximum atomic E-state index is 11.0. The van der Waals surface area contributed by atoms with Gasteiger partial charge in [0, 0.05) is 18.8 Å². The van der Waals surface area contributed by atoms with Crippen LogP contribution in [0.2, 0.25) is 0 Å². The zero-order valence-corrected chi connectivity index (χ0v) is 12.6. The van der Waals surface area contributed by atoms with Crippen LogP contribution in [0.4, 0.5) is 0 Å². The molecule has 0 spiro atoms. The standard InChI is InChI=1S/C17H26O4/c1-12(14(20)21)2-3-15-4-13-5-16(7-15,10-18)9-17(6-13,8-15)11-19/h13,18-19H,1-11H2,(H,20,21). The van der Waals surface area contributed by atoms with Crippen molar-refractivity contribution in [3.8, 4) is 0 Å². The number of aliphatic hydroxyl groups excluding tert-OH is 2. The highest BCUT2D eigenvalue weighted by molar-refractivity contribution is 5.85. The molecule has 3 N–H and O–H groups in total. The second-order valence-electron chi connectivity index (χ2n) is 8.23. The maximum absolute atomic E-state index is 11.0. The van der Waals surface area contributed by atoms with E-state index in [4.69, 9.17) is 5.11 Å². The average Bonchev–Trinajstić information content (AvgIpc) is 2.43. The lowest BCUT2D eigenvalue weighted by Gasteiger charge is -2.66. The first-order chi connectivity index (χ1) is 9.86. The molecule has 0 aliphatic heterocycles. The van der Waals surface area contributed by atoms with Crippen LogP contribution in [-0.2, 0) is 4.79 Å². The van der Waals surface area contributed by atoms with E-state index >= 15 is 0 Å². The minimum atomic E-state index is -0.909. The van der Waals surface area contributed by atoms with Crippen LogP contribution in [0.5, 0.6) is 0 Å². The molecule has 0 aromatic heterocycles. The molecular formula is C17H26O4. The summed E-state index contributed by atoms with van der Waals surface area (Å²) in [5.41, 5.74) is 0.310. The van der Waals surface area contributed by atoms with E-state index in [9.17, 15) is 15.0 Å². The summed E-state index contributed by atoms with van der Waals surface area (Å²) in [6, 6.07) is 0. The van der Waals surface area contributed by atoms with Crippen molar-refractivity contribution < 1.29 is 20.1 Å². The van der Waals surface area contributed by atoms with Gasteiger partial charge in [0.15, 0.2) is 0 Å². The van der Waals surface area contributed by atoms with Gasteiger partial charge in [-0.1, -0.05) is 6.58 Å². The fourth-order valence-electron chi connectivity index (χ4n) is 6.22. The van der Waals surface area contributed by atoms with Gasteiger partial charge in [-0.2, -0.15) is 0 Å². The molecule has 0 amide bonds. The molecule has 2 atom stereocenters. The number of carbonyl (C=O) groups is 1. The summed E-state index contributed by atoms with van der Waals surface area (Å²) >= 11 is 0. The molecule has 118 valence electrons. The highest BCUT2D eigenvalue weighted by Crippen LogP contribution is 2.70. The number of hydrogen-bond acceptors (Lipinski definition) is 3. The smallest absolute Gasteiger partial charge is 0.330 e. The summed E-state index contributed by atoms with van der Waals surface area (Å²) in [6.07, 6.45) is 7.54. The Morgan fingerprint density at radius 1 is 1.00 bits per heavy atom. The Morgan fingerprint density at radius 2 is 1.48 bits per heavy atom. The van der Waals surface area contributed by atoms with Crippen molar-refractivity contribution in [1.29, 1.82) is 0 Å². The molecule has 4 aliphatic rings. The summed E-state index contributed by atoms with van der Waals surface area (Å²) < 4.78 is 0. The molecule has 4 rings (SSSR count). The number of aliphatic hydroxyl groups is 2. The van der Waals surface area contributed by atoms with Gasteiger partial charge in [0.1, 0.15) is 0 Å². The molecule has 0 heterocycles. The van der Waals surface area contributed by atoms with Crippen molar-refractivity contribution in [2.24, 2.45) is 22.2 Å². The fraction of sp³-hybridized carbons (Fsp3) is 0.824. The molecule has 0 aromatic rings. The molecule has 0 radical (unpaired) electrons. The Morgan fingerprint density at radius 3 is 1.95 bits per heavy atom. The molecule has 2 unspecified atom stereocenters. The molecule has 4 nitrogen and oxygen atoms in total. The van der Waals surface area contributed by atoms with Gasteiger partial charge in [0.25, 0.3) is 0 Å². The maximum Gasteiger partial charge on any atom is 0.330 e. The van der Waals surface area contributed by atoms with Gasteiger partial charge in [-0.25, -0.2) is 4.79 Å². The summed E-state index contributed by atoms with van der Waals surface area (Å²) in [5.74, 6) is -0.327. The third-order valence-corrected chi connectivity index (χ3v) is 6.35. The summed E-state index contributed by atoms with van der Waals surface area (Å²) in [4.78, 5) is 11.0. The number of aliphatic carboxylic acids is 1. The normalized spacial score (nSPS) is 44.0. The van der Waals surface area contributed by atoms with E-state index < -0.39 is 5.97 Å². The fourth-order valence-corrected chi connectivity index (χ4v) is 6.22. The lowest BCUT2D eigenvalue weighted by Crippen LogP contribution is -2.59. The van der Waals surface area contributed by atoms with Crippen molar-refractivity contribution in [1.82, 2.24) is 0 Å². The van der Waals surface area contributed by atoms with Crippen LogP contribution in [0, 0.1) is 22.2 Å². The van der Waals surface area contributed by atoms with Gasteiger partial charge in [-0.3, -0.25) is 0 Å². The van der Waals surface area contributed by atoms with E-state index in [-0.39, 0.29) is 35.0 Å². The lowest BCUT2D eigenvalue weighted by atomic mass is 9.39. The quantitative estimate of drug-likeness (QED) is 0.657. The van der Waals surface area contributed by atoms with E-state index in [1.54, 1.807) is 0 Å². The average molecular weight is 294 g/mol. The Kier molecular flexibility index (Phi) is 3.45. The minimum Gasteiger partial charge on any atom is -0.478 e. The van der Waals surface area contributed by atoms with Crippen LogP contribution in [0.3, 0.4) is 0 Å². The van der Waals surface area contributed by atoms with Gasteiger partial charge in [-0.15, -0.1) is 0 Å². The summed E-state index contributed by atoms with van der Waals surface area (Å²) in [6.45, 7) is 4.05. The summed E-state index contributed by atoms with van der Waals surface area (Å²) in [7, 11) is 0. The second-order valence-corrected chi connectivity index (χ2v) is 8.23. The van der Waals surface area contributed by atoms with E-state index in [1.165, 1.54) is 0 Å². The molecular weight excluding hydrogens is 268 g/mol. The van der Waals surface area contributed by atoms with Crippen LogP contribution in [0.15, 0.2) is 12.2 Å². The Labute approximate surface area is 125 Å². The Balaban J connectivity index is 1.82. The highest BCUT2D eigenvalue weighted by Gasteiger charge is 2.62. The molecule has 21 heavy (non-hydrogen) atoms. The Bertz CT molecular complexity index is 449. The first-order valence-electron chi connectivity index (χ1n) is 7.98. The third-order valence-electron chi connectivity index (χ3n) is 6.35. The SMILES string of the molecule is C=C(CCC12CC3CC(CO)(CC(CO)(C3)C1)C2)C(=O)O. The molecule has 4 aliphatic carbocycles. The minimum absolute atomic E-state index is 0.0350. The molecule has 0 aromatic carbocycles. The van der Waals surface area contributed by atoms with Crippen molar-refractivity contribution in [2.45, 2.75) is 51.4 Å². The number of carboxylic acids is 1. The van der Waals surface area contributed by atoms with Gasteiger partial charge < -0.3 is 15.3 Å². The number of hydrogen-bond donors (Lipinski definition) is 3. The summed E-state index contributed by atoms with van der Waals surface area (Å²) in [5, 5.41) is 28.9. The Hall–Kier alpha value is -0.870. The van der Waals surface area contributed by atoms with E-state index in [1.807, 2.05) is 0 Å². The molecule has 0 saturated heterocycles. The van der Waals surface area contributed by atoms with Crippen molar-refractivity contribution in [3.63, 3.8) is 0 Å². The zero-order valence-electron chi connectivity index (χ0n) is 12.6. The largest absolute Gasteiger partial charge is 0.478 e. The predicted molar refractivity (Wildman–Crippen MR) is 78.7 cm³/mol. The second kappa shape index (κ2) is 4.82. The lowest BCUT2D eigenvalue weighted by molar-refractivity contribution is -0.187. The third kappa shape index (κ3) is 2.42. The molecule has 4 bridgehead atoms. The highest BCUT2D eigenvalue weighted by atomic mass is 16.4. The van der Waals surface area contributed by atoms with Gasteiger partial charge in [0.2, 0.25) is 0 Å².